The molecule has 0 aliphatic heterocycles. The van der Waals surface area contributed by atoms with E-state index in [4.69, 9.17) is 0 Å². The summed E-state index contributed by atoms with van der Waals surface area (Å²) in [5.41, 5.74) is 3.06. The van der Waals surface area contributed by atoms with Crippen molar-refractivity contribution in [1.29, 1.82) is 0 Å². The second-order valence-electron chi connectivity index (χ2n) is 9.55. The molecule has 2 aromatic carbocycles. The smallest absolute Gasteiger partial charge is 0.0159 e. The molecule has 2 fully saturated rings. The highest BCUT2D eigenvalue weighted by molar-refractivity contribution is 5.84. The van der Waals surface area contributed by atoms with Crippen LogP contribution in [0.2, 0.25) is 0 Å². The fraction of sp³-hybridized carbons (Fsp3) is 0.571. The molecule has 0 aromatic heterocycles. The van der Waals surface area contributed by atoms with Gasteiger partial charge in [-0.05, 0) is 97.4 Å². The predicted molar refractivity (Wildman–Crippen MR) is 123 cm³/mol. The van der Waals surface area contributed by atoms with E-state index in [0.717, 1.165) is 36.5 Å². The minimum absolute atomic E-state index is 0.794. The van der Waals surface area contributed by atoms with Gasteiger partial charge < -0.3 is 0 Å². The van der Waals surface area contributed by atoms with Gasteiger partial charge in [-0.3, -0.25) is 0 Å². The first kappa shape index (κ1) is 19.7. The van der Waals surface area contributed by atoms with E-state index in [-0.39, 0.29) is 0 Å². The van der Waals surface area contributed by atoms with Crippen molar-refractivity contribution in [3.63, 3.8) is 0 Å². The van der Waals surface area contributed by atoms with Crippen LogP contribution in [-0.2, 0) is 6.42 Å². The molecule has 0 saturated heterocycles. The van der Waals surface area contributed by atoms with E-state index >= 15 is 0 Å². The largest absolute Gasteiger partial charge is 0.0917 e. The Morgan fingerprint density at radius 2 is 1.68 bits per heavy atom. The van der Waals surface area contributed by atoms with E-state index < -0.39 is 0 Å². The van der Waals surface area contributed by atoms with Crippen molar-refractivity contribution in [3.8, 4) is 0 Å². The van der Waals surface area contributed by atoms with Crippen LogP contribution < -0.4 is 0 Å². The van der Waals surface area contributed by atoms with E-state index in [1.807, 2.05) is 0 Å². The fourth-order valence-electron chi connectivity index (χ4n) is 6.10. The molecule has 0 bridgehead atoms. The van der Waals surface area contributed by atoms with Gasteiger partial charge in [-0.15, -0.1) is 0 Å². The van der Waals surface area contributed by atoms with Gasteiger partial charge in [0, 0.05) is 0 Å². The molecule has 0 amide bonds. The molecule has 2 aliphatic rings. The first-order chi connectivity index (χ1) is 13.8. The third-order valence-corrected chi connectivity index (χ3v) is 7.65. The predicted octanol–water partition coefficient (Wildman–Crippen LogP) is 8.45. The van der Waals surface area contributed by atoms with Gasteiger partial charge in [0.2, 0.25) is 0 Å². The summed E-state index contributed by atoms with van der Waals surface area (Å²) in [7, 11) is 0. The highest BCUT2D eigenvalue weighted by atomic mass is 14.4. The van der Waals surface area contributed by atoms with Gasteiger partial charge in [0.05, 0.1) is 0 Å². The molecule has 0 N–H and O–H groups in total. The van der Waals surface area contributed by atoms with E-state index in [9.17, 15) is 0 Å². The lowest BCUT2D eigenvalue weighted by molar-refractivity contribution is 0.114. The average molecular weight is 375 g/mol. The maximum absolute atomic E-state index is 2.50. The molecule has 4 atom stereocenters. The standard InChI is InChI=1S/C28H38/c1-3-5-6-8-22-10-12-26-20-28(16-14-24(26)18-22)27-15-13-23-17-21(7-4-2)9-11-25(23)19-27/h3,5,10,12,14,16,18,20-21,23,25,27H,4,6-9,11,13,15,17,19H2,1-2H3. The number of fused-ring (bicyclic) bond motifs is 2. The van der Waals surface area contributed by atoms with Gasteiger partial charge in [-0.1, -0.05) is 74.7 Å². The highest BCUT2D eigenvalue weighted by Crippen LogP contribution is 2.48. The van der Waals surface area contributed by atoms with E-state index in [2.05, 4.69) is 62.4 Å². The number of hydrogen-bond acceptors (Lipinski definition) is 0. The lowest BCUT2D eigenvalue weighted by Crippen LogP contribution is -2.30. The van der Waals surface area contributed by atoms with Crippen molar-refractivity contribution in [2.24, 2.45) is 17.8 Å². The minimum Gasteiger partial charge on any atom is -0.0917 e. The number of hydrogen-bond donors (Lipinski definition) is 0. The zero-order valence-corrected chi connectivity index (χ0v) is 18.0. The molecular formula is C28H38. The maximum atomic E-state index is 2.50. The van der Waals surface area contributed by atoms with Gasteiger partial charge in [0.25, 0.3) is 0 Å². The molecule has 4 unspecified atom stereocenters. The number of rotatable bonds is 6. The lowest BCUT2D eigenvalue weighted by Gasteiger charge is -2.42. The Hall–Kier alpha value is -1.56. The van der Waals surface area contributed by atoms with Crippen LogP contribution in [0.4, 0.5) is 0 Å². The van der Waals surface area contributed by atoms with Crippen LogP contribution in [0.15, 0.2) is 48.6 Å². The topological polar surface area (TPSA) is 0 Å². The zero-order chi connectivity index (χ0) is 19.3. The van der Waals surface area contributed by atoms with Crippen molar-refractivity contribution in [1.82, 2.24) is 0 Å². The Labute approximate surface area is 172 Å². The maximum Gasteiger partial charge on any atom is -0.0159 e. The van der Waals surface area contributed by atoms with Crippen molar-refractivity contribution >= 4 is 10.8 Å². The molecule has 2 aromatic rings. The summed E-state index contributed by atoms with van der Waals surface area (Å²) < 4.78 is 0. The van der Waals surface area contributed by atoms with Crippen LogP contribution in [0.5, 0.6) is 0 Å². The summed E-state index contributed by atoms with van der Waals surface area (Å²) in [5.74, 6) is 3.85. The van der Waals surface area contributed by atoms with Crippen molar-refractivity contribution < 1.29 is 0 Å². The Balaban J connectivity index is 1.42. The second kappa shape index (κ2) is 9.29. The van der Waals surface area contributed by atoms with Gasteiger partial charge in [0.15, 0.2) is 0 Å². The molecular weight excluding hydrogens is 336 g/mol. The van der Waals surface area contributed by atoms with Crippen molar-refractivity contribution in [2.45, 2.75) is 84.0 Å². The Kier molecular flexibility index (Phi) is 6.55. The summed E-state index contributed by atoms with van der Waals surface area (Å²) in [6.07, 6.45) is 18.4. The van der Waals surface area contributed by atoms with Gasteiger partial charge in [-0.2, -0.15) is 0 Å². The molecule has 0 heterocycles. The molecule has 0 spiro atoms. The first-order valence-electron chi connectivity index (χ1n) is 11.9. The van der Waals surface area contributed by atoms with Gasteiger partial charge in [-0.25, -0.2) is 0 Å². The summed E-state index contributed by atoms with van der Waals surface area (Å²) >= 11 is 0. The van der Waals surface area contributed by atoms with Crippen LogP contribution in [0.1, 0.15) is 88.7 Å². The van der Waals surface area contributed by atoms with Crippen LogP contribution in [0.25, 0.3) is 10.8 Å². The molecule has 0 nitrogen and oxygen atoms in total. The molecule has 150 valence electrons. The number of aryl methyl sites for hydroxylation is 1. The van der Waals surface area contributed by atoms with Crippen molar-refractivity contribution in [3.05, 3.63) is 59.7 Å². The van der Waals surface area contributed by atoms with Crippen LogP contribution in [-0.4, -0.2) is 0 Å². The minimum atomic E-state index is 0.794. The molecule has 4 rings (SSSR count). The third-order valence-electron chi connectivity index (χ3n) is 7.65. The van der Waals surface area contributed by atoms with Crippen LogP contribution in [0, 0.1) is 17.8 Å². The number of benzene rings is 2. The molecule has 0 radical (unpaired) electrons. The highest BCUT2D eigenvalue weighted by Gasteiger charge is 2.35. The first-order valence-corrected chi connectivity index (χ1v) is 11.9. The fourth-order valence-corrected chi connectivity index (χ4v) is 6.10. The Morgan fingerprint density at radius 1 is 0.893 bits per heavy atom. The summed E-state index contributed by atoms with van der Waals surface area (Å²) in [4.78, 5) is 0. The monoisotopic (exact) mass is 374 g/mol. The number of allylic oxidation sites excluding steroid dienone is 2. The Morgan fingerprint density at radius 3 is 2.54 bits per heavy atom. The molecule has 2 saturated carbocycles. The van der Waals surface area contributed by atoms with E-state index in [0.29, 0.717) is 0 Å². The summed E-state index contributed by atoms with van der Waals surface area (Å²) in [6, 6.07) is 14.4. The van der Waals surface area contributed by atoms with Crippen LogP contribution in [0.3, 0.4) is 0 Å². The molecule has 2 aliphatic carbocycles. The average Bonchev–Trinajstić information content (AvgIpc) is 2.73. The van der Waals surface area contributed by atoms with E-state index in [1.165, 1.54) is 67.7 Å². The zero-order valence-electron chi connectivity index (χ0n) is 18.0. The third kappa shape index (κ3) is 4.53. The summed E-state index contributed by atoms with van der Waals surface area (Å²) in [5, 5.41) is 2.84. The Bertz CT molecular complexity index is 799. The van der Waals surface area contributed by atoms with Gasteiger partial charge >= 0.3 is 0 Å². The quantitative estimate of drug-likeness (QED) is 0.445. The van der Waals surface area contributed by atoms with Gasteiger partial charge in [0.1, 0.15) is 0 Å². The van der Waals surface area contributed by atoms with Crippen molar-refractivity contribution in [2.75, 3.05) is 0 Å². The summed E-state index contributed by atoms with van der Waals surface area (Å²) in [6.45, 7) is 4.46. The van der Waals surface area contributed by atoms with Crippen LogP contribution >= 0.6 is 0 Å². The molecule has 28 heavy (non-hydrogen) atoms. The van der Waals surface area contributed by atoms with E-state index in [1.54, 1.807) is 5.56 Å². The second-order valence-corrected chi connectivity index (χ2v) is 9.55. The lowest BCUT2D eigenvalue weighted by atomic mass is 9.63. The molecule has 0 heteroatoms. The normalized spacial score (nSPS) is 27.9. The SMILES string of the molecule is CC=CCCc1ccc2cc(C3CCC4CC(CCC)CCC4C3)ccc2c1.